The lowest BCUT2D eigenvalue weighted by Crippen LogP contribution is -2.23. The Morgan fingerprint density at radius 3 is 3.00 bits per heavy atom. The number of aliphatic carboxylic acids is 1. The Hall–Kier alpha value is -1.51. The smallest absolute Gasteiger partial charge is 0.306 e. The van der Waals surface area contributed by atoms with E-state index in [2.05, 4.69) is 13.0 Å². The minimum atomic E-state index is -0.701. The monoisotopic (exact) mass is 248 g/mol. The maximum absolute atomic E-state index is 11.1. The molecule has 0 bridgehead atoms. The average molecular weight is 248 g/mol. The van der Waals surface area contributed by atoms with Crippen molar-refractivity contribution in [3.8, 4) is 5.75 Å². The predicted molar refractivity (Wildman–Crippen MR) is 69.9 cm³/mol. The molecule has 0 saturated carbocycles. The molecule has 0 radical (unpaired) electrons. The number of rotatable bonds is 5. The molecule has 1 aliphatic heterocycles. The molecule has 18 heavy (non-hydrogen) atoms. The van der Waals surface area contributed by atoms with Gasteiger partial charge in [0, 0.05) is 6.42 Å². The van der Waals surface area contributed by atoms with Gasteiger partial charge in [0.05, 0.1) is 5.92 Å². The molecule has 0 fully saturated rings. The van der Waals surface area contributed by atoms with E-state index in [1.165, 1.54) is 11.1 Å². The summed E-state index contributed by atoms with van der Waals surface area (Å²) in [6, 6.07) is 6.15. The zero-order valence-corrected chi connectivity index (χ0v) is 11.0. The van der Waals surface area contributed by atoms with Crippen molar-refractivity contribution in [2.75, 3.05) is 0 Å². The van der Waals surface area contributed by atoms with Gasteiger partial charge in [-0.25, -0.2) is 0 Å². The first kappa shape index (κ1) is 12.9. The summed E-state index contributed by atoms with van der Waals surface area (Å²) in [5.41, 5.74) is 2.43. The van der Waals surface area contributed by atoms with E-state index in [1.807, 2.05) is 19.1 Å². The quantitative estimate of drug-likeness (QED) is 0.870. The van der Waals surface area contributed by atoms with Gasteiger partial charge in [0.15, 0.2) is 0 Å². The van der Waals surface area contributed by atoms with Crippen molar-refractivity contribution in [2.45, 2.75) is 45.6 Å². The van der Waals surface area contributed by atoms with Crippen LogP contribution in [0, 0.1) is 12.8 Å². The first-order valence-corrected chi connectivity index (χ1v) is 6.59. The molecular formula is C15H20O3. The van der Waals surface area contributed by atoms with Gasteiger partial charge < -0.3 is 9.84 Å². The molecule has 98 valence electrons. The summed E-state index contributed by atoms with van der Waals surface area (Å²) >= 11 is 0. The molecule has 1 aromatic rings. The molecule has 2 rings (SSSR count). The second kappa shape index (κ2) is 5.42. The largest absolute Gasteiger partial charge is 0.490 e. The van der Waals surface area contributed by atoms with Crippen LogP contribution in [0.5, 0.6) is 5.75 Å². The zero-order valence-electron chi connectivity index (χ0n) is 11.0. The third-order valence-corrected chi connectivity index (χ3v) is 3.49. The number of aryl methyl sites for hydroxylation is 1. The van der Waals surface area contributed by atoms with E-state index in [0.717, 1.165) is 25.0 Å². The second-order valence-electron chi connectivity index (χ2n) is 5.11. The Bertz CT molecular complexity index is 439. The van der Waals surface area contributed by atoms with Gasteiger partial charge in [-0.15, -0.1) is 0 Å². The summed E-state index contributed by atoms with van der Waals surface area (Å²) in [4.78, 5) is 11.1. The van der Waals surface area contributed by atoms with Crippen LogP contribution in [0.2, 0.25) is 0 Å². The van der Waals surface area contributed by atoms with Gasteiger partial charge in [-0.05, 0) is 31.4 Å². The number of hydrogen-bond donors (Lipinski definition) is 1. The molecule has 0 saturated heterocycles. The second-order valence-corrected chi connectivity index (χ2v) is 5.11. The lowest BCUT2D eigenvalue weighted by atomic mass is 9.94. The number of carbonyl (C=O) groups is 1. The molecule has 3 nitrogen and oxygen atoms in total. The van der Waals surface area contributed by atoms with E-state index in [0.29, 0.717) is 6.42 Å². The first-order chi connectivity index (χ1) is 8.60. The van der Waals surface area contributed by atoms with Crippen molar-refractivity contribution in [3.63, 3.8) is 0 Å². The van der Waals surface area contributed by atoms with Crippen LogP contribution in [0.15, 0.2) is 18.2 Å². The highest BCUT2D eigenvalue weighted by molar-refractivity contribution is 5.70. The standard InChI is InChI=1S/C15H20O3/c1-3-4-11(15(16)17)8-13-9-12-7-10(2)5-6-14(12)18-13/h5-7,11,13H,3-4,8-9H2,1-2H3,(H,16,17). The van der Waals surface area contributed by atoms with Crippen molar-refractivity contribution in [1.82, 2.24) is 0 Å². The summed E-state index contributed by atoms with van der Waals surface area (Å²) in [5.74, 6) is -0.0609. The summed E-state index contributed by atoms with van der Waals surface area (Å²) in [6.45, 7) is 4.08. The number of carboxylic acids is 1. The van der Waals surface area contributed by atoms with Gasteiger partial charge in [0.1, 0.15) is 11.9 Å². The van der Waals surface area contributed by atoms with Crippen LogP contribution in [0.1, 0.15) is 37.3 Å². The molecule has 1 aromatic carbocycles. The molecule has 1 N–H and O–H groups in total. The van der Waals surface area contributed by atoms with Gasteiger partial charge in [-0.2, -0.15) is 0 Å². The fourth-order valence-corrected chi connectivity index (χ4v) is 2.59. The Balaban J connectivity index is 2.00. The molecule has 1 aliphatic rings. The molecule has 0 amide bonds. The summed E-state index contributed by atoms with van der Waals surface area (Å²) < 4.78 is 5.83. The van der Waals surface area contributed by atoms with Crippen LogP contribution >= 0.6 is 0 Å². The Labute approximate surface area is 108 Å². The van der Waals surface area contributed by atoms with Gasteiger partial charge in [0.2, 0.25) is 0 Å². The average Bonchev–Trinajstić information content (AvgIpc) is 2.69. The third kappa shape index (κ3) is 2.84. The maximum Gasteiger partial charge on any atom is 0.306 e. The minimum Gasteiger partial charge on any atom is -0.490 e. The van der Waals surface area contributed by atoms with Gasteiger partial charge in [-0.3, -0.25) is 4.79 Å². The maximum atomic E-state index is 11.1. The van der Waals surface area contributed by atoms with Crippen LogP contribution in [0.25, 0.3) is 0 Å². The third-order valence-electron chi connectivity index (χ3n) is 3.49. The van der Waals surface area contributed by atoms with Crippen molar-refractivity contribution < 1.29 is 14.6 Å². The first-order valence-electron chi connectivity index (χ1n) is 6.59. The topological polar surface area (TPSA) is 46.5 Å². The number of fused-ring (bicyclic) bond motifs is 1. The van der Waals surface area contributed by atoms with E-state index < -0.39 is 5.97 Å². The number of ether oxygens (including phenoxy) is 1. The highest BCUT2D eigenvalue weighted by Gasteiger charge is 2.28. The minimum absolute atomic E-state index is 0.0226. The van der Waals surface area contributed by atoms with E-state index in [1.54, 1.807) is 0 Å². The summed E-state index contributed by atoms with van der Waals surface area (Å²) in [6.07, 6.45) is 3.09. The van der Waals surface area contributed by atoms with Crippen LogP contribution in [-0.2, 0) is 11.2 Å². The Kier molecular flexibility index (Phi) is 3.90. The molecule has 0 aromatic heterocycles. The normalized spacial score (nSPS) is 19.1. The Morgan fingerprint density at radius 1 is 1.56 bits per heavy atom. The summed E-state index contributed by atoms with van der Waals surface area (Å²) in [5, 5.41) is 9.17. The molecule has 2 unspecified atom stereocenters. The van der Waals surface area contributed by atoms with E-state index in [9.17, 15) is 9.90 Å². The number of carboxylic acid groups (broad SMARTS) is 1. The highest BCUT2D eigenvalue weighted by atomic mass is 16.5. The Morgan fingerprint density at radius 2 is 2.33 bits per heavy atom. The van der Waals surface area contributed by atoms with Crippen molar-refractivity contribution in [2.24, 2.45) is 5.92 Å². The summed E-state index contributed by atoms with van der Waals surface area (Å²) in [7, 11) is 0. The molecular weight excluding hydrogens is 228 g/mol. The fraction of sp³-hybridized carbons (Fsp3) is 0.533. The van der Waals surface area contributed by atoms with Crippen molar-refractivity contribution >= 4 is 5.97 Å². The zero-order chi connectivity index (χ0) is 13.1. The van der Waals surface area contributed by atoms with Crippen LogP contribution in [-0.4, -0.2) is 17.2 Å². The van der Waals surface area contributed by atoms with E-state index >= 15 is 0 Å². The number of hydrogen-bond acceptors (Lipinski definition) is 2. The predicted octanol–water partition coefficient (Wildman–Crippen LogP) is 3.19. The van der Waals surface area contributed by atoms with Crippen molar-refractivity contribution in [1.29, 1.82) is 0 Å². The molecule has 0 aliphatic carbocycles. The van der Waals surface area contributed by atoms with Crippen LogP contribution in [0.3, 0.4) is 0 Å². The fourth-order valence-electron chi connectivity index (χ4n) is 2.59. The van der Waals surface area contributed by atoms with Crippen molar-refractivity contribution in [3.05, 3.63) is 29.3 Å². The highest BCUT2D eigenvalue weighted by Crippen LogP contribution is 2.32. The van der Waals surface area contributed by atoms with E-state index in [4.69, 9.17) is 4.74 Å². The van der Waals surface area contributed by atoms with Gasteiger partial charge in [0.25, 0.3) is 0 Å². The lowest BCUT2D eigenvalue weighted by Gasteiger charge is -2.16. The molecule has 1 heterocycles. The molecule has 2 atom stereocenters. The molecule has 3 heteroatoms. The van der Waals surface area contributed by atoms with E-state index in [-0.39, 0.29) is 12.0 Å². The molecule has 0 spiro atoms. The lowest BCUT2D eigenvalue weighted by molar-refractivity contribution is -0.142. The van der Waals surface area contributed by atoms with Crippen LogP contribution < -0.4 is 4.74 Å². The van der Waals surface area contributed by atoms with Gasteiger partial charge >= 0.3 is 5.97 Å². The SMILES string of the molecule is CCCC(CC1Cc2cc(C)ccc2O1)C(=O)O. The number of benzene rings is 1. The van der Waals surface area contributed by atoms with Gasteiger partial charge in [-0.1, -0.05) is 31.0 Å². The van der Waals surface area contributed by atoms with Crippen LogP contribution in [0.4, 0.5) is 0 Å².